The van der Waals surface area contributed by atoms with Crippen molar-refractivity contribution in [2.45, 2.75) is 13.5 Å². The fraction of sp³-hybridized carbons (Fsp3) is 0.240. The molecule has 1 saturated heterocycles. The minimum atomic E-state index is 0.0918. The van der Waals surface area contributed by atoms with Gasteiger partial charge in [0, 0.05) is 49.2 Å². The van der Waals surface area contributed by atoms with E-state index in [-0.39, 0.29) is 5.91 Å². The third kappa shape index (κ3) is 4.50. The SMILES string of the molecule is Cc1nc(-c2ccccc2)c(C(=O)N2CCN(Cc3csc(-c4ccccc4)n3)CC2)s1. The van der Waals surface area contributed by atoms with Gasteiger partial charge in [0.15, 0.2) is 0 Å². The van der Waals surface area contributed by atoms with Gasteiger partial charge in [-0.2, -0.15) is 0 Å². The van der Waals surface area contributed by atoms with E-state index in [4.69, 9.17) is 4.98 Å². The number of benzene rings is 2. The highest BCUT2D eigenvalue weighted by Gasteiger charge is 2.27. The summed E-state index contributed by atoms with van der Waals surface area (Å²) in [6.45, 7) is 5.92. The Kier molecular flexibility index (Phi) is 6.12. The lowest BCUT2D eigenvalue weighted by atomic mass is 10.1. The molecule has 0 bridgehead atoms. The van der Waals surface area contributed by atoms with Gasteiger partial charge in [0.1, 0.15) is 9.88 Å². The molecular formula is C25H24N4OS2. The van der Waals surface area contributed by atoms with Crippen LogP contribution in [0.5, 0.6) is 0 Å². The third-order valence-corrected chi connectivity index (χ3v) is 7.49. The summed E-state index contributed by atoms with van der Waals surface area (Å²) >= 11 is 3.18. The zero-order valence-electron chi connectivity index (χ0n) is 17.9. The molecule has 1 amide bonds. The molecule has 0 radical (unpaired) electrons. The normalized spacial score (nSPS) is 14.6. The molecule has 1 aliphatic heterocycles. The van der Waals surface area contributed by atoms with Crippen LogP contribution in [-0.2, 0) is 6.54 Å². The Hall–Kier alpha value is -2.87. The molecule has 0 atom stereocenters. The fourth-order valence-electron chi connectivity index (χ4n) is 3.94. The molecule has 0 N–H and O–H groups in total. The van der Waals surface area contributed by atoms with Crippen LogP contribution >= 0.6 is 22.7 Å². The van der Waals surface area contributed by atoms with Gasteiger partial charge in [0.2, 0.25) is 0 Å². The zero-order valence-corrected chi connectivity index (χ0v) is 19.5. The molecule has 0 aliphatic carbocycles. The van der Waals surface area contributed by atoms with Gasteiger partial charge in [-0.3, -0.25) is 9.69 Å². The number of rotatable bonds is 5. The minimum absolute atomic E-state index is 0.0918. The Balaban J connectivity index is 1.22. The van der Waals surface area contributed by atoms with Crippen molar-refractivity contribution in [2.24, 2.45) is 0 Å². The smallest absolute Gasteiger partial charge is 0.266 e. The third-order valence-electron chi connectivity index (χ3n) is 5.59. The van der Waals surface area contributed by atoms with Crippen LogP contribution in [0.25, 0.3) is 21.8 Å². The Morgan fingerprint density at radius 1 is 0.906 bits per heavy atom. The number of piperazine rings is 1. The Morgan fingerprint density at radius 2 is 1.56 bits per heavy atom. The van der Waals surface area contributed by atoms with Crippen LogP contribution in [0.4, 0.5) is 0 Å². The molecule has 4 aromatic rings. The van der Waals surface area contributed by atoms with Crippen LogP contribution in [-0.4, -0.2) is 51.9 Å². The standard InChI is InChI=1S/C25H24N4OS2/c1-18-26-22(19-8-4-2-5-9-19)23(32-18)25(30)29-14-12-28(13-15-29)16-21-17-31-24(27-21)20-10-6-3-7-11-20/h2-11,17H,12-16H2,1H3. The maximum Gasteiger partial charge on any atom is 0.266 e. The molecule has 3 heterocycles. The van der Waals surface area contributed by atoms with Crippen LogP contribution in [0, 0.1) is 6.92 Å². The van der Waals surface area contributed by atoms with Crippen molar-refractivity contribution in [3.8, 4) is 21.8 Å². The number of hydrogen-bond donors (Lipinski definition) is 0. The van der Waals surface area contributed by atoms with Gasteiger partial charge in [-0.25, -0.2) is 9.97 Å². The molecule has 1 fully saturated rings. The Morgan fingerprint density at radius 3 is 2.25 bits per heavy atom. The first-order chi connectivity index (χ1) is 15.7. The van der Waals surface area contributed by atoms with E-state index in [1.807, 2.05) is 60.4 Å². The van der Waals surface area contributed by atoms with E-state index in [0.717, 1.165) is 70.1 Å². The monoisotopic (exact) mass is 460 g/mol. The summed E-state index contributed by atoms with van der Waals surface area (Å²) in [4.78, 5) is 27.8. The Bertz CT molecular complexity index is 1200. The van der Waals surface area contributed by atoms with Gasteiger partial charge in [-0.1, -0.05) is 60.7 Å². The number of carbonyl (C=O) groups is 1. The van der Waals surface area contributed by atoms with Crippen LogP contribution in [0.1, 0.15) is 20.4 Å². The number of carbonyl (C=O) groups excluding carboxylic acids is 1. The molecule has 2 aromatic carbocycles. The molecule has 1 aliphatic rings. The van der Waals surface area contributed by atoms with E-state index in [1.54, 1.807) is 11.3 Å². The molecular weight excluding hydrogens is 436 g/mol. The van der Waals surface area contributed by atoms with Crippen LogP contribution in [0.3, 0.4) is 0 Å². The van der Waals surface area contributed by atoms with Gasteiger partial charge in [-0.15, -0.1) is 22.7 Å². The van der Waals surface area contributed by atoms with Crippen LogP contribution in [0.2, 0.25) is 0 Å². The van der Waals surface area contributed by atoms with E-state index < -0.39 is 0 Å². The van der Waals surface area contributed by atoms with Gasteiger partial charge in [0.25, 0.3) is 5.91 Å². The summed E-state index contributed by atoms with van der Waals surface area (Å²) in [5, 5.41) is 4.12. The molecule has 7 heteroatoms. The molecule has 5 rings (SSSR count). The van der Waals surface area contributed by atoms with Crippen LogP contribution in [0.15, 0.2) is 66.0 Å². The zero-order chi connectivity index (χ0) is 21.9. The average Bonchev–Trinajstić information content (AvgIpc) is 3.47. The summed E-state index contributed by atoms with van der Waals surface area (Å²) in [5.74, 6) is 0.0918. The lowest BCUT2D eigenvalue weighted by Gasteiger charge is -2.34. The number of aromatic nitrogens is 2. The summed E-state index contributed by atoms with van der Waals surface area (Å²) in [6, 6.07) is 20.3. The predicted molar refractivity (Wildman–Crippen MR) is 131 cm³/mol. The first-order valence-electron chi connectivity index (χ1n) is 10.7. The number of amides is 1. The highest BCUT2D eigenvalue weighted by Crippen LogP contribution is 2.30. The molecule has 0 spiro atoms. The summed E-state index contributed by atoms with van der Waals surface area (Å²) in [6.07, 6.45) is 0. The second kappa shape index (κ2) is 9.32. The highest BCUT2D eigenvalue weighted by molar-refractivity contribution is 7.14. The maximum atomic E-state index is 13.3. The van der Waals surface area contributed by atoms with Crippen molar-refractivity contribution in [1.29, 1.82) is 0 Å². The summed E-state index contributed by atoms with van der Waals surface area (Å²) in [7, 11) is 0. The summed E-state index contributed by atoms with van der Waals surface area (Å²) < 4.78 is 0. The van der Waals surface area contributed by atoms with Crippen molar-refractivity contribution in [2.75, 3.05) is 26.2 Å². The molecule has 162 valence electrons. The summed E-state index contributed by atoms with van der Waals surface area (Å²) in [5.41, 5.74) is 4.05. The molecule has 32 heavy (non-hydrogen) atoms. The second-order valence-corrected chi connectivity index (χ2v) is 9.92. The first kappa shape index (κ1) is 21.0. The predicted octanol–water partition coefficient (Wildman–Crippen LogP) is 5.20. The van der Waals surface area contributed by atoms with E-state index >= 15 is 0 Å². The van der Waals surface area contributed by atoms with Crippen molar-refractivity contribution in [3.05, 3.63) is 81.6 Å². The van der Waals surface area contributed by atoms with E-state index in [2.05, 4.69) is 27.4 Å². The van der Waals surface area contributed by atoms with Gasteiger partial charge in [-0.05, 0) is 6.92 Å². The van der Waals surface area contributed by atoms with Gasteiger partial charge >= 0.3 is 0 Å². The van der Waals surface area contributed by atoms with Gasteiger partial charge in [0.05, 0.1) is 16.4 Å². The Labute approximate surface area is 196 Å². The van der Waals surface area contributed by atoms with Crippen molar-refractivity contribution in [1.82, 2.24) is 19.8 Å². The van der Waals surface area contributed by atoms with Crippen molar-refractivity contribution in [3.63, 3.8) is 0 Å². The van der Waals surface area contributed by atoms with Crippen molar-refractivity contribution < 1.29 is 4.79 Å². The largest absolute Gasteiger partial charge is 0.335 e. The molecule has 2 aromatic heterocycles. The van der Waals surface area contributed by atoms with Crippen molar-refractivity contribution >= 4 is 28.6 Å². The quantitative estimate of drug-likeness (QED) is 0.411. The maximum absolute atomic E-state index is 13.3. The molecule has 5 nitrogen and oxygen atoms in total. The number of thiazole rings is 2. The number of hydrogen-bond acceptors (Lipinski definition) is 6. The first-order valence-corrected chi connectivity index (χ1v) is 12.4. The molecule has 0 saturated carbocycles. The topological polar surface area (TPSA) is 49.3 Å². The van der Waals surface area contributed by atoms with Crippen LogP contribution < -0.4 is 0 Å². The number of aryl methyl sites for hydroxylation is 1. The van der Waals surface area contributed by atoms with E-state index in [1.165, 1.54) is 11.3 Å². The lowest BCUT2D eigenvalue weighted by molar-refractivity contribution is 0.0632. The second-order valence-electron chi connectivity index (χ2n) is 7.86. The highest BCUT2D eigenvalue weighted by atomic mass is 32.1. The van der Waals surface area contributed by atoms with Gasteiger partial charge < -0.3 is 4.90 Å². The van der Waals surface area contributed by atoms with E-state index in [9.17, 15) is 4.79 Å². The molecule has 0 unspecified atom stereocenters. The average molecular weight is 461 g/mol. The number of nitrogens with zero attached hydrogens (tertiary/aromatic N) is 4. The van der Waals surface area contributed by atoms with E-state index in [0.29, 0.717) is 0 Å². The lowest BCUT2D eigenvalue weighted by Crippen LogP contribution is -2.48. The fourth-order valence-corrected chi connectivity index (χ4v) is 5.66. The minimum Gasteiger partial charge on any atom is -0.335 e.